The van der Waals surface area contributed by atoms with Gasteiger partial charge in [-0.15, -0.1) is 0 Å². The zero-order chi connectivity index (χ0) is 19.8. The van der Waals surface area contributed by atoms with Gasteiger partial charge >= 0.3 is 0 Å². The van der Waals surface area contributed by atoms with Crippen LogP contribution in [0, 0.1) is 0 Å². The highest BCUT2D eigenvalue weighted by molar-refractivity contribution is 5.85. The normalized spacial score (nSPS) is 14.0. The number of nitrogens with one attached hydrogen (secondary N) is 1. The highest BCUT2D eigenvalue weighted by atomic mass is 16.2. The fourth-order valence-electron chi connectivity index (χ4n) is 4.17. The summed E-state index contributed by atoms with van der Waals surface area (Å²) in [5, 5.41) is 1.20. The topological polar surface area (TPSA) is 52.2 Å². The smallest absolute Gasteiger partial charge is 0.219 e. The summed E-state index contributed by atoms with van der Waals surface area (Å²) in [5.41, 5.74) is 8.58. The molecule has 0 fully saturated rings. The first-order valence-electron chi connectivity index (χ1n) is 9.97. The number of amides is 1. The lowest BCUT2D eigenvalue weighted by molar-refractivity contribution is -0.129. The zero-order valence-electron chi connectivity index (χ0n) is 17.2. The Kier molecular flexibility index (Phi) is 4.94. The summed E-state index contributed by atoms with van der Waals surface area (Å²) in [7, 11) is 4.18. The van der Waals surface area contributed by atoms with E-state index in [1.165, 1.54) is 33.2 Å². The molecule has 146 valence electrons. The quantitative estimate of drug-likeness (QED) is 0.754. The van der Waals surface area contributed by atoms with Crippen molar-refractivity contribution in [2.75, 3.05) is 20.6 Å². The van der Waals surface area contributed by atoms with Crippen molar-refractivity contribution in [2.24, 2.45) is 0 Å². The summed E-state index contributed by atoms with van der Waals surface area (Å²) < 4.78 is 0. The Bertz CT molecular complexity index is 1030. The Balaban J connectivity index is 1.81. The number of nitrogens with zero attached hydrogens (tertiary/aromatic N) is 3. The lowest BCUT2D eigenvalue weighted by Crippen LogP contribution is -2.35. The van der Waals surface area contributed by atoms with Gasteiger partial charge in [-0.2, -0.15) is 0 Å². The maximum atomic E-state index is 11.9. The number of pyridine rings is 1. The molecule has 0 atom stereocenters. The lowest BCUT2D eigenvalue weighted by Gasteiger charge is -2.31. The number of aryl methyl sites for hydroxylation is 1. The van der Waals surface area contributed by atoms with E-state index < -0.39 is 0 Å². The summed E-state index contributed by atoms with van der Waals surface area (Å²) in [6.45, 7) is 6.20. The van der Waals surface area contributed by atoms with Gasteiger partial charge in [0.25, 0.3) is 0 Å². The number of fused-ring (bicyclic) bond motifs is 2. The van der Waals surface area contributed by atoms with Gasteiger partial charge in [-0.05, 0) is 66.9 Å². The van der Waals surface area contributed by atoms with E-state index in [2.05, 4.69) is 60.3 Å². The van der Waals surface area contributed by atoms with Crippen molar-refractivity contribution in [1.82, 2.24) is 19.8 Å². The second-order valence-electron chi connectivity index (χ2n) is 7.99. The number of aromatic amines is 1. The van der Waals surface area contributed by atoms with Crippen molar-refractivity contribution in [2.45, 2.75) is 39.8 Å². The maximum Gasteiger partial charge on any atom is 0.219 e. The van der Waals surface area contributed by atoms with Gasteiger partial charge in [-0.1, -0.05) is 13.0 Å². The predicted molar refractivity (Wildman–Crippen MR) is 113 cm³/mol. The molecule has 1 N–H and O–H groups in total. The van der Waals surface area contributed by atoms with Crippen LogP contribution in [0.5, 0.6) is 0 Å². The van der Waals surface area contributed by atoms with Gasteiger partial charge in [0, 0.05) is 49.9 Å². The minimum absolute atomic E-state index is 0.153. The highest BCUT2D eigenvalue weighted by Crippen LogP contribution is 2.32. The standard InChI is InChI=1S/C23H28N4O/c1-5-16-11-24-23-21(16)10-19(12-25-23)18-8-17-6-7-27(15(2)28)14-22(17)20(9-18)13-26(3)4/h8-12H,5-7,13-14H2,1-4H3,(H,24,25). The summed E-state index contributed by atoms with van der Waals surface area (Å²) in [5.74, 6) is 0.153. The fraction of sp³-hybridized carbons (Fsp3) is 0.391. The molecule has 0 saturated carbocycles. The fourth-order valence-corrected chi connectivity index (χ4v) is 4.17. The van der Waals surface area contributed by atoms with Crippen LogP contribution in [0.4, 0.5) is 0 Å². The molecule has 3 aromatic rings. The minimum atomic E-state index is 0.153. The average molecular weight is 377 g/mol. The number of hydrogen-bond donors (Lipinski definition) is 1. The van der Waals surface area contributed by atoms with Gasteiger partial charge in [0.2, 0.25) is 5.91 Å². The van der Waals surface area contributed by atoms with Gasteiger partial charge in [-0.3, -0.25) is 4.79 Å². The van der Waals surface area contributed by atoms with Gasteiger partial charge in [0.05, 0.1) is 0 Å². The summed E-state index contributed by atoms with van der Waals surface area (Å²) in [6.07, 6.45) is 5.91. The third-order valence-electron chi connectivity index (χ3n) is 5.70. The number of aromatic nitrogens is 2. The third kappa shape index (κ3) is 3.42. The van der Waals surface area contributed by atoms with E-state index in [4.69, 9.17) is 0 Å². The van der Waals surface area contributed by atoms with Gasteiger partial charge in [0.15, 0.2) is 0 Å². The number of H-pyrrole nitrogens is 1. The molecule has 0 bridgehead atoms. The zero-order valence-corrected chi connectivity index (χ0v) is 17.2. The molecule has 0 spiro atoms. The van der Waals surface area contributed by atoms with E-state index in [0.717, 1.165) is 37.1 Å². The molecule has 5 heteroatoms. The number of benzene rings is 1. The van der Waals surface area contributed by atoms with E-state index >= 15 is 0 Å². The number of hydrogen-bond acceptors (Lipinski definition) is 3. The van der Waals surface area contributed by atoms with Crippen molar-refractivity contribution in [3.63, 3.8) is 0 Å². The van der Waals surface area contributed by atoms with Crippen LogP contribution in [0.1, 0.15) is 36.1 Å². The van der Waals surface area contributed by atoms with Crippen LogP contribution in [-0.4, -0.2) is 46.3 Å². The number of rotatable bonds is 4. The van der Waals surface area contributed by atoms with Crippen LogP contribution in [-0.2, 0) is 30.7 Å². The molecule has 2 aromatic heterocycles. The minimum Gasteiger partial charge on any atom is -0.346 e. The van der Waals surface area contributed by atoms with E-state index in [1.807, 2.05) is 11.1 Å². The van der Waals surface area contributed by atoms with Crippen molar-refractivity contribution >= 4 is 16.9 Å². The van der Waals surface area contributed by atoms with Crippen molar-refractivity contribution in [3.8, 4) is 11.1 Å². The van der Waals surface area contributed by atoms with Crippen molar-refractivity contribution < 1.29 is 4.79 Å². The molecular formula is C23H28N4O. The van der Waals surface area contributed by atoms with Crippen LogP contribution in [0.15, 0.2) is 30.6 Å². The molecule has 5 nitrogen and oxygen atoms in total. The molecule has 0 unspecified atom stereocenters. The van der Waals surface area contributed by atoms with Gasteiger partial charge in [0.1, 0.15) is 5.65 Å². The van der Waals surface area contributed by atoms with E-state index in [-0.39, 0.29) is 5.91 Å². The summed E-state index contributed by atoms with van der Waals surface area (Å²) in [6, 6.07) is 6.83. The summed E-state index contributed by atoms with van der Waals surface area (Å²) >= 11 is 0. The first-order valence-corrected chi connectivity index (χ1v) is 9.97. The predicted octanol–water partition coefficient (Wildman–Crippen LogP) is 3.76. The Labute approximate surface area is 166 Å². The third-order valence-corrected chi connectivity index (χ3v) is 5.70. The monoisotopic (exact) mass is 376 g/mol. The van der Waals surface area contributed by atoms with Crippen LogP contribution >= 0.6 is 0 Å². The molecule has 1 amide bonds. The van der Waals surface area contributed by atoms with Gasteiger partial charge in [-0.25, -0.2) is 4.98 Å². The van der Waals surface area contributed by atoms with Crippen LogP contribution in [0.3, 0.4) is 0 Å². The lowest BCUT2D eigenvalue weighted by atomic mass is 9.90. The number of carbonyl (C=O) groups excluding carboxylic acids is 1. The molecule has 3 heterocycles. The average Bonchev–Trinajstić information content (AvgIpc) is 3.09. The van der Waals surface area contributed by atoms with Crippen LogP contribution in [0.25, 0.3) is 22.2 Å². The second kappa shape index (κ2) is 7.40. The first kappa shape index (κ1) is 18.7. The first-order chi connectivity index (χ1) is 13.5. The molecule has 1 aliphatic rings. The molecule has 4 rings (SSSR count). The Morgan fingerprint density at radius 3 is 2.75 bits per heavy atom. The molecule has 28 heavy (non-hydrogen) atoms. The van der Waals surface area contributed by atoms with Crippen LogP contribution < -0.4 is 0 Å². The van der Waals surface area contributed by atoms with Gasteiger partial charge < -0.3 is 14.8 Å². The van der Waals surface area contributed by atoms with E-state index in [0.29, 0.717) is 6.54 Å². The van der Waals surface area contributed by atoms with Crippen molar-refractivity contribution in [1.29, 1.82) is 0 Å². The van der Waals surface area contributed by atoms with E-state index in [1.54, 1.807) is 6.92 Å². The molecular weight excluding hydrogens is 348 g/mol. The number of carbonyl (C=O) groups is 1. The molecule has 1 aromatic carbocycles. The summed E-state index contributed by atoms with van der Waals surface area (Å²) in [4.78, 5) is 23.9. The highest BCUT2D eigenvalue weighted by Gasteiger charge is 2.22. The molecule has 0 saturated heterocycles. The Hall–Kier alpha value is -2.66. The maximum absolute atomic E-state index is 11.9. The molecule has 1 aliphatic heterocycles. The Morgan fingerprint density at radius 1 is 1.21 bits per heavy atom. The Morgan fingerprint density at radius 2 is 2.04 bits per heavy atom. The SMILES string of the molecule is CCc1c[nH]c2ncc(-c3cc4c(c(CN(C)C)c3)CN(C(C)=O)CC4)cc12. The molecule has 0 aliphatic carbocycles. The molecule has 0 radical (unpaired) electrons. The van der Waals surface area contributed by atoms with E-state index in [9.17, 15) is 4.79 Å². The second-order valence-corrected chi connectivity index (χ2v) is 7.99. The van der Waals surface area contributed by atoms with Crippen molar-refractivity contribution in [3.05, 3.63) is 52.8 Å². The largest absolute Gasteiger partial charge is 0.346 e. The van der Waals surface area contributed by atoms with Crippen LogP contribution in [0.2, 0.25) is 0 Å².